The molecule has 1 aromatic carbocycles. The van der Waals surface area contributed by atoms with Gasteiger partial charge in [0.25, 0.3) is 0 Å². The van der Waals surface area contributed by atoms with Crippen LogP contribution in [0.15, 0.2) is 18.2 Å². The standard InChI is InChI=1S/C16H23ClFN/c1-2-4-12-5-3-9-16(19,10-8-12)14-11-13(18)6-7-15(14)17/h6-7,11-12H,2-5,8-10,19H2,1H3. The maximum Gasteiger partial charge on any atom is 0.123 e. The van der Waals surface area contributed by atoms with Crippen molar-refractivity contribution in [3.8, 4) is 0 Å². The van der Waals surface area contributed by atoms with E-state index in [2.05, 4.69) is 6.92 Å². The fourth-order valence-electron chi connectivity index (χ4n) is 3.28. The highest BCUT2D eigenvalue weighted by Crippen LogP contribution is 2.40. The van der Waals surface area contributed by atoms with Gasteiger partial charge in [0, 0.05) is 10.6 Å². The number of benzene rings is 1. The Hall–Kier alpha value is -0.600. The van der Waals surface area contributed by atoms with E-state index in [9.17, 15) is 4.39 Å². The molecule has 2 rings (SSSR count). The predicted molar refractivity (Wildman–Crippen MR) is 78.8 cm³/mol. The Labute approximate surface area is 120 Å². The molecule has 0 spiro atoms. The van der Waals surface area contributed by atoms with Crippen molar-refractivity contribution in [1.82, 2.24) is 0 Å². The minimum atomic E-state index is -0.457. The van der Waals surface area contributed by atoms with Crippen molar-refractivity contribution in [2.75, 3.05) is 0 Å². The summed E-state index contributed by atoms with van der Waals surface area (Å²) in [4.78, 5) is 0. The highest BCUT2D eigenvalue weighted by Gasteiger charge is 2.32. The Morgan fingerprint density at radius 2 is 2.16 bits per heavy atom. The van der Waals surface area contributed by atoms with Gasteiger partial charge in [-0.2, -0.15) is 0 Å². The van der Waals surface area contributed by atoms with Crippen LogP contribution in [0.4, 0.5) is 4.39 Å². The van der Waals surface area contributed by atoms with E-state index < -0.39 is 5.54 Å². The van der Waals surface area contributed by atoms with Gasteiger partial charge in [-0.3, -0.25) is 0 Å². The van der Waals surface area contributed by atoms with Crippen LogP contribution in [0.3, 0.4) is 0 Å². The molecular weight excluding hydrogens is 261 g/mol. The zero-order valence-electron chi connectivity index (χ0n) is 11.6. The molecule has 0 bridgehead atoms. The Morgan fingerprint density at radius 3 is 2.89 bits per heavy atom. The van der Waals surface area contributed by atoms with Crippen molar-refractivity contribution in [3.05, 3.63) is 34.6 Å². The molecule has 1 saturated carbocycles. The first-order valence-electron chi connectivity index (χ1n) is 7.29. The summed E-state index contributed by atoms with van der Waals surface area (Å²) in [6.45, 7) is 2.23. The molecular formula is C16H23ClFN. The largest absolute Gasteiger partial charge is 0.321 e. The summed E-state index contributed by atoms with van der Waals surface area (Å²) in [5, 5.41) is 0.595. The average Bonchev–Trinajstić information content (AvgIpc) is 2.56. The van der Waals surface area contributed by atoms with Gasteiger partial charge in [-0.1, -0.05) is 44.2 Å². The quantitative estimate of drug-likeness (QED) is 0.775. The van der Waals surface area contributed by atoms with Crippen molar-refractivity contribution < 1.29 is 4.39 Å². The lowest BCUT2D eigenvalue weighted by Gasteiger charge is -2.30. The van der Waals surface area contributed by atoms with Gasteiger partial charge >= 0.3 is 0 Å². The molecule has 0 aromatic heterocycles. The fraction of sp³-hybridized carbons (Fsp3) is 0.625. The highest BCUT2D eigenvalue weighted by molar-refractivity contribution is 6.31. The SMILES string of the molecule is CCCC1CCCC(N)(c2cc(F)ccc2Cl)CC1. The lowest BCUT2D eigenvalue weighted by Crippen LogP contribution is -2.36. The molecule has 1 aliphatic carbocycles. The summed E-state index contributed by atoms with van der Waals surface area (Å²) in [6, 6.07) is 4.53. The second kappa shape index (κ2) is 6.23. The van der Waals surface area contributed by atoms with Crippen molar-refractivity contribution in [1.29, 1.82) is 0 Å². The number of halogens is 2. The van der Waals surface area contributed by atoms with E-state index in [1.165, 1.54) is 31.4 Å². The minimum Gasteiger partial charge on any atom is -0.321 e. The van der Waals surface area contributed by atoms with Crippen LogP contribution in [-0.4, -0.2) is 0 Å². The van der Waals surface area contributed by atoms with Gasteiger partial charge in [-0.15, -0.1) is 0 Å². The van der Waals surface area contributed by atoms with Gasteiger partial charge in [-0.25, -0.2) is 4.39 Å². The van der Waals surface area contributed by atoms with Gasteiger partial charge < -0.3 is 5.73 Å². The van der Waals surface area contributed by atoms with Crippen molar-refractivity contribution in [2.45, 2.75) is 57.4 Å². The maximum atomic E-state index is 13.5. The molecule has 1 nitrogen and oxygen atoms in total. The Morgan fingerprint density at radius 1 is 1.37 bits per heavy atom. The summed E-state index contributed by atoms with van der Waals surface area (Å²) in [5.41, 5.74) is 6.88. The zero-order chi connectivity index (χ0) is 13.9. The molecule has 106 valence electrons. The first-order valence-corrected chi connectivity index (χ1v) is 7.67. The van der Waals surface area contributed by atoms with Gasteiger partial charge in [0.15, 0.2) is 0 Å². The molecule has 1 aromatic rings. The van der Waals surface area contributed by atoms with Crippen LogP contribution in [-0.2, 0) is 5.54 Å². The van der Waals surface area contributed by atoms with E-state index in [1.54, 1.807) is 6.07 Å². The van der Waals surface area contributed by atoms with Crippen molar-refractivity contribution >= 4 is 11.6 Å². The molecule has 2 N–H and O–H groups in total. The van der Waals surface area contributed by atoms with E-state index in [1.807, 2.05) is 0 Å². The molecule has 2 atom stereocenters. The van der Waals surface area contributed by atoms with E-state index in [4.69, 9.17) is 17.3 Å². The van der Waals surface area contributed by atoms with Crippen molar-refractivity contribution in [2.24, 2.45) is 11.7 Å². The molecule has 0 radical (unpaired) electrons. The van der Waals surface area contributed by atoms with Gasteiger partial charge in [0.05, 0.1) is 0 Å². The van der Waals surface area contributed by atoms with Crippen LogP contribution in [0.25, 0.3) is 0 Å². The summed E-state index contributed by atoms with van der Waals surface area (Å²) < 4.78 is 13.5. The lowest BCUT2D eigenvalue weighted by molar-refractivity contribution is 0.366. The molecule has 1 fully saturated rings. The average molecular weight is 284 g/mol. The molecule has 0 heterocycles. The van der Waals surface area contributed by atoms with Gasteiger partial charge in [0.1, 0.15) is 5.82 Å². The Kier molecular flexibility index (Phi) is 4.86. The monoisotopic (exact) mass is 283 g/mol. The topological polar surface area (TPSA) is 26.0 Å². The first kappa shape index (κ1) is 14.8. The first-order chi connectivity index (χ1) is 9.05. The third-order valence-electron chi connectivity index (χ3n) is 4.40. The van der Waals surface area contributed by atoms with E-state index in [0.29, 0.717) is 5.02 Å². The summed E-state index contributed by atoms with van der Waals surface area (Å²) in [7, 11) is 0. The van der Waals surface area contributed by atoms with Crippen LogP contribution in [0, 0.1) is 11.7 Å². The zero-order valence-corrected chi connectivity index (χ0v) is 12.3. The second-order valence-electron chi connectivity index (χ2n) is 5.87. The molecule has 0 saturated heterocycles. The maximum absolute atomic E-state index is 13.5. The van der Waals surface area contributed by atoms with Crippen molar-refractivity contribution in [3.63, 3.8) is 0 Å². The summed E-state index contributed by atoms with van der Waals surface area (Å²) >= 11 is 6.22. The lowest BCUT2D eigenvalue weighted by atomic mass is 9.83. The summed E-state index contributed by atoms with van der Waals surface area (Å²) in [6.07, 6.45) is 7.76. The Bertz CT molecular complexity index is 435. The van der Waals surface area contributed by atoms with Crippen LogP contribution in [0.2, 0.25) is 5.02 Å². The van der Waals surface area contributed by atoms with E-state index in [0.717, 1.165) is 37.2 Å². The van der Waals surface area contributed by atoms with E-state index in [-0.39, 0.29) is 5.82 Å². The third-order valence-corrected chi connectivity index (χ3v) is 4.73. The number of hydrogen-bond acceptors (Lipinski definition) is 1. The van der Waals surface area contributed by atoms with Crippen LogP contribution < -0.4 is 5.73 Å². The Balaban J connectivity index is 2.20. The van der Waals surface area contributed by atoms with Gasteiger partial charge in [0.2, 0.25) is 0 Å². The number of rotatable bonds is 3. The molecule has 0 amide bonds. The molecule has 19 heavy (non-hydrogen) atoms. The van der Waals surface area contributed by atoms with E-state index >= 15 is 0 Å². The smallest absolute Gasteiger partial charge is 0.123 e. The fourth-order valence-corrected chi connectivity index (χ4v) is 3.59. The normalized spacial score (nSPS) is 28.1. The van der Waals surface area contributed by atoms with Gasteiger partial charge in [-0.05, 0) is 48.9 Å². The molecule has 0 aliphatic heterocycles. The highest BCUT2D eigenvalue weighted by atomic mass is 35.5. The third kappa shape index (κ3) is 3.49. The van der Waals surface area contributed by atoms with Crippen LogP contribution in [0.5, 0.6) is 0 Å². The summed E-state index contributed by atoms with van der Waals surface area (Å²) in [5.74, 6) is 0.515. The second-order valence-corrected chi connectivity index (χ2v) is 6.27. The molecule has 1 aliphatic rings. The predicted octanol–water partition coefficient (Wildman–Crippen LogP) is 5.01. The molecule has 3 heteroatoms. The number of nitrogens with two attached hydrogens (primary N) is 1. The van der Waals surface area contributed by atoms with Crippen LogP contribution in [0.1, 0.15) is 57.4 Å². The number of hydrogen-bond donors (Lipinski definition) is 1. The van der Waals surface area contributed by atoms with Crippen LogP contribution >= 0.6 is 11.6 Å². The molecule has 2 unspecified atom stereocenters. The minimum absolute atomic E-state index is 0.251.